The fraction of sp³-hybridized carbons (Fsp3) is 0.500. The molecule has 2 heterocycles. The first kappa shape index (κ1) is 13.8. The second kappa shape index (κ2) is 5.69. The molecule has 21 heavy (non-hydrogen) atoms. The van der Waals surface area contributed by atoms with E-state index in [0.717, 1.165) is 12.0 Å². The summed E-state index contributed by atoms with van der Waals surface area (Å²) in [7, 11) is 0. The highest BCUT2D eigenvalue weighted by Gasteiger charge is 2.30. The number of rotatable bonds is 4. The lowest BCUT2D eigenvalue weighted by Crippen LogP contribution is -2.19. The van der Waals surface area contributed by atoms with Gasteiger partial charge < -0.3 is 15.2 Å². The Morgan fingerprint density at radius 1 is 1.48 bits per heavy atom. The van der Waals surface area contributed by atoms with E-state index in [-0.39, 0.29) is 12.1 Å². The van der Waals surface area contributed by atoms with Gasteiger partial charge in [-0.3, -0.25) is 0 Å². The molecule has 0 bridgehead atoms. The van der Waals surface area contributed by atoms with E-state index in [1.807, 2.05) is 32.0 Å². The quantitative estimate of drug-likeness (QED) is 0.861. The first-order chi connectivity index (χ1) is 10.2. The molecule has 3 rings (SSSR count). The van der Waals surface area contributed by atoms with Gasteiger partial charge in [0.2, 0.25) is 0 Å². The maximum Gasteiger partial charge on any atom is 0.188 e. The average Bonchev–Trinajstić information content (AvgIpc) is 3.08. The van der Waals surface area contributed by atoms with Gasteiger partial charge in [-0.15, -0.1) is 5.10 Å². The van der Waals surface area contributed by atoms with Crippen molar-refractivity contribution in [2.45, 2.75) is 32.4 Å². The van der Waals surface area contributed by atoms with E-state index in [2.05, 4.69) is 15.5 Å². The van der Waals surface area contributed by atoms with Crippen LogP contribution >= 0.6 is 0 Å². The number of nitrogens with zero attached hydrogens (tertiary/aromatic N) is 4. The molecule has 2 aromatic rings. The molecule has 0 spiro atoms. The van der Waals surface area contributed by atoms with E-state index in [4.69, 9.17) is 15.2 Å². The zero-order valence-corrected chi connectivity index (χ0v) is 12.2. The summed E-state index contributed by atoms with van der Waals surface area (Å²) in [6.07, 6.45) is 0.961. The third kappa shape index (κ3) is 2.44. The molecule has 1 saturated heterocycles. The van der Waals surface area contributed by atoms with Crippen LogP contribution in [0.4, 0.5) is 5.69 Å². The van der Waals surface area contributed by atoms with Crippen LogP contribution in [-0.2, 0) is 4.74 Å². The number of aromatic nitrogens is 4. The monoisotopic (exact) mass is 289 g/mol. The molecule has 1 aromatic heterocycles. The molecular weight excluding hydrogens is 270 g/mol. The molecule has 1 fully saturated rings. The molecule has 112 valence electrons. The van der Waals surface area contributed by atoms with Gasteiger partial charge in [0.25, 0.3) is 0 Å². The Balaban J connectivity index is 2.08. The van der Waals surface area contributed by atoms with Crippen LogP contribution in [0.3, 0.4) is 0 Å². The standard InChI is InChI=1S/C14H19N5O2/c1-3-20-12-6-4-5-10(15)13(12)14-16-17-18-19(14)11-7-8-21-9(11)2/h4-6,9,11H,3,7-8,15H2,1-2H3. The van der Waals surface area contributed by atoms with Crippen molar-refractivity contribution in [1.29, 1.82) is 0 Å². The summed E-state index contributed by atoms with van der Waals surface area (Å²) in [6.45, 7) is 5.23. The van der Waals surface area contributed by atoms with Crippen molar-refractivity contribution in [2.24, 2.45) is 0 Å². The lowest BCUT2D eigenvalue weighted by molar-refractivity contribution is 0.105. The summed E-state index contributed by atoms with van der Waals surface area (Å²) in [6, 6.07) is 5.68. The average molecular weight is 289 g/mol. The summed E-state index contributed by atoms with van der Waals surface area (Å²) >= 11 is 0. The fourth-order valence-electron chi connectivity index (χ4n) is 2.69. The lowest BCUT2D eigenvalue weighted by atomic mass is 10.1. The van der Waals surface area contributed by atoms with E-state index in [1.54, 1.807) is 4.68 Å². The van der Waals surface area contributed by atoms with E-state index in [1.165, 1.54) is 0 Å². The molecule has 0 amide bonds. The molecular formula is C14H19N5O2. The first-order valence-electron chi connectivity index (χ1n) is 7.13. The van der Waals surface area contributed by atoms with E-state index < -0.39 is 0 Å². The topological polar surface area (TPSA) is 88.1 Å². The summed E-state index contributed by atoms with van der Waals surface area (Å²) < 4.78 is 13.1. The normalized spacial score (nSPS) is 21.6. The maximum absolute atomic E-state index is 6.12. The zero-order valence-electron chi connectivity index (χ0n) is 12.2. The summed E-state index contributed by atoms with van der Waals surface area (Å²) in [5.41, 5.74) is 7.46. The van der Waals surface area contributed by atoms with Gasteiger partial charge in [-0.05, 0) is 42.8 Å². The Bertz CT molecular complexity index is 628. The van der Waals surface area contributed by atoms with Gasteiger partial charge in [-0.1, -0.05) is 6.07 Å². The number of benzene rings is 1. The van der Waals surface area contributed by atoms with Gasteiger partial charge >= 0.3 is 0 Å². The Morgan fingerprint density at radius 3 is 3.05 bits per heavy atom. The SMILES string of the molecule is CCOc1cccc(N)c1-c1nnnn1C1CCOC1C. The van der Waals surface area contributed by atoms with Crippen LogP contribution in [0.2, 0.25) is 0 Å². The third-order valence-electron chi connectivity index (χ3n) is 3.73. The van der Waals surface area contributed by atoms with Gasteiger partial charge in [-0.2, -0.15) is 0 Å². The summed E-state index contributed by atoms with van der Waals surface area (Å²) in [5, 5.41) is 12.1. The highest BCUT2D eigenvalue weighted by Crippen LogP contribution is 2.36. The van der Waals surface area contributed by atoms with Crippen LogP contribution in [0.25, 0.3) is 11.4 Å². The van der Waals surface area contributed by atoms with Crippen molar-refractivity contribution >= 4 is 5.69 Å². The van der Waals surface area contributed by atoms with E-state index in [0.29, 0.717) is 30.5 Å². The molecule has 0 aliphatic carbocycles. The van der Waals surface area contributed by atoms with Crippen LogP contribution in [0, 0.1) is 0 Å². The number of anilines is 1. The Kier molecular flexibility index (Phi) is 3.74. The zero-order chi connectivity index (χ0) is 14.8. The molecule has 2 atom stereocenters. The van der Waals surface area contributed by atoms with Crippen LogP contribution in [0.5, 0.6) is 5.75 Å². The number of ether oxygens (including phenoxy) is 2. The minimum Gasteiger partial charge on any atom is -0.493 e. The minimum absolute atomic E-state index is 0.0766. The van der Waals surface area contributed by atoms with Crippen molar-refractivity contribution in [3.63, 3.8) is 0 Å². The molecule has 7 nitrogen and oxygen atoms in total. The van der Waals surface area contributed by atoms with Crippen LogP contribution in [-0.4, -0.2) is 39.5 Å². The van der Waals surface area contributed by atoms with Crippen molar-refractivity contribution < 1.29 is 9.47 Å². The van der Waals surface area contributed by atoms with Gasteiger partial charge in [0, 0.05) is 12.3 Å². The molecule has 1 aliphatic heterocycles. The molecule has 2 N–H and O–H groups in total. The van der Waals surface area contributed by atoms with Gasteiger partial charge in [0.1, 0.15) is 5.75 Å². The largest absolute Gasteiger partial charge is 0.493 e. The Hall–Kier alpha value is -2.15. The van der Waals surface area contributed by atoms with E-state index in [9.17, 15) is 0 Å². The predicted molar refractivity (Wildman–Crippen MR) is 77.9 cm³/mol. The van der Waals surface area contributed by atoms with Crippen molar-refractivity contribution in [3.8, 4) is 17.1 Å². The smallest absolute Gasteiger partial charge is 0.188 e. The number of hydrogen-bond acceptors (Lipinski definition) is 6. The maximum atomic E-state index is 6.12. The number of nitrogens with two attached hydrogens (primary N) is 1. The van der Waals surface area contributed by atoms with Crippen LogP contribution in [0.1, 0.15) is 26.3 Å². The summed E-state index contributed by atoms with van der Waals surface area (Å²) in [5.74, 6) is 1.32. The van der Waals surface area contributed by atoms with Gasteiger partial charge in [0.15, 0.2) is 5.82 Å². The third-order valence-corrected chi connectivity index (χ3v) is 3.73. The van der Waals surface area contributed by atoms with Crippen molar-refractivity contribution in [3.05, 3.63) is 18.2 Å². The lowest BCUT2D eigenvalue weighted by Gasteiger charge is -2.17. The van der Waals surface area contributed by atoms with Gasteiger partial charge in [-0.25, -0.2) is 4.68 Å². The second-order valence-electron chi connectivity index (χ2n) is 5.03. The molecule has 0 saturated carbocycles. The Labute approximate surface area is 123 Å². The molecule has 2 unspecified atom stereocenters. The van der Waals surface area contributed by atoms with Crippen molar-refractivity contribution in [2.75, 3.05) is 18.9 Å². The number of tetrazole rings is 1. The number of hydrogen-bond donors (Lipinski definition) is 1. The molecule has 1 aliphatic rings. The van der Waals surface area contributed by atoms with E-state index >= 15 is 0 Å². The molecule has 7 heteroatoms. The van der Waals surface area contributed by atoms with Crippen LogP contribution < -0.4 is 10.5 Å². The highest BCUT2D eigenvalue weighted by molar-refractivity contribution is 5.77. The predicted octanol–water partition coefficient (Wildman–Crippen LogP) is 1.67. The van der Waals surface area contributed by atoms with Gasteiger partial charge in [0.05, 0.1) is 24.3 Å². The number of nitrogen functional groups attached to an aromatic ring is 1. The second-order valence-corrected chi connectivity index (χ2v) is 5.03. The van der Waals surface area contributed by atoms with Crippen LogP contribution in [0.15, 0.2) is 18.2 Å². The summed E-state index contributed by atoms with van der Waals surface area (Å²) in [4.78, 5) is 0. The minimum atomic E-state index is 0.0766. The fourth-order valence-corrected chi connectivity index (χ4v) is 2.69. The molecule has 1 aromatic carbocycles. The first-order valence-corrected chi connectivity index (χ1v) is 7.13. The van der Waals surface area contributed by atoms with Crippen molar-refractivity contribution in [1.82, 2.24) is 20.2 Å². The molecule has 0 radical (unpaired) electrons. The highest BCUT2D eigenvalue weighted by atomic mass is 16.5. The Morgan fingerprint density at radius 2 is 2.33 bits per heavy atom.